The average molecular weight is 241 g/mol. The van der Waals surface area contributed by atoms with Crippen LogP contribution in [0, 0.1) is 25.2 Å². The molecule has 0 atom stereocenters. The van der Waals surface area contributed by atoms with Gasteiger partial charge in [0, 0.05) is 12.7 Å². The lowest BCUT2D eigenvalue weighted by atomic mass is 10.2. The maximum atomic E-state index is 8.95. The first-order valence-electron chi connectivity index (χ1n) is 5.74. The molecular weight excluding hydrogens is 226 g/mol. The fraction of sp³-hybridized carbons (Fsp3) is 0.286. The predicted molar refractivity (Wildman–Crippen MR) is 69.2 cm³/mol. The zero-order valence-electron chi connectivity index (χ0n) is 10.8. The van der Waals surface area contributed by atoms with Crippen LogP contribution < -0.4 is 4.90 Å². The van der Waals surface area contributed by atoms with E-state index in [9.17, 15) is 0 Å². The summed E-state index contributed by atoms with van der Waals surface area (Å²) in [5, 5.41) is 8.95. The van der Waals surface area contributed by atoms with Crippen LogP contribution >= 0.6 is 0 Å². The van der Waals surface area contributed by atoms with E-state index in [1.165, 1.54) is 0 Å². The number of nitriles is 1. The summed E-state index contributed by atoms with van der Waals surface area (Å²) in [6.45, 7) is 4.44. The molecule has 2 rings (SSSR count). The maximum absolute atomic E-state index is 8.95. The van der Waals surface area contributed by atoms with E-state index < -0.39 is 0 Å². The number of aromatic nitrogens is 1. The van der Waals surface area contributed by atoms with Crippen molar-refractivity contribution < 1.29 is 4.42 Å². The molecule has 92 valence electrons. The van der Waals surface area contributed by atoms with E-state index in [-0.39, 0.29) is 0 Å². The summed E-state index contributed by atoms with van der Waals surface area (Å²) >= 11 is 0. The SMILES string of the molecule is Cc1cc(C#N)cc(N(C)Cc2ccc(C)o2)n1. The third-order valence-corrected chi connectivity index (χ3v) is 2.65. The molecule has 0 amide bonds. The van der Waals surface area contributed by atoms with Crippen LogP contribution in [0.15, 0.2) is 28.7 Å². The van der Waals surface area contributed by atoms with Crippen molar-refractivity contribution in [1.82, 2.24) is 4.98 Å². The minimum atomic E-state index is 0.625. The second-order valence-corrected chi connectivity index (χ2v) is 4.34. The van der Waals surface area contributed by atoms with Gasteiger partial charge in [0.25, 0.3) is 0 Å². The summed E-state index contributed by atoms with van der Waals surface area (Å²) in [6.07, 6.45) is 0. The predicted octanol–water partition coefficient (Wildman–Crippen LogP) is 2.80. The molecule has 18 heavy (non-hydrogen) atoms. The molecule has 0 aliphatic carbocycles. The Labute approximate surface area is 106 Å². The minimum Gasteiger partial charge on any atom is -0.464 e. The molecule has 2 aromatic heterocycles. The Balaban J connectivity index is 2.21. The van der Waals surface area contributed by atoms with Crippen LogP contribution in [-0.4, -0.2) is 12.0 Å². The molecule has 4 heteroatoms. The molecule has 2 aromatic rings. The third-order valence-electron chi connectivity index (χ3n) is 2.65. The van der Waals surface area contributed by atoms with Crippen molar-refractivity contribution in [3.63, 3.8) is 0 Å². The summed E-state index contributed by atoms with van der Waals surface area (Å²) in [5.41, 5.74) is 1.46. The number of aryl methyl sites for hydroxylation is 2. The Kier molecular flexibility index (Phi) is 3.33. The van der Waals surface area contributed by atoms with Gasteiger partial charge in [-0.2, -0.15) is 5.26 Å². The van der Waals surface area contributed by atoms with Gasteiger partial charge in [-0.15, -0.1) is 0 Å². The van der Waals surface area contributed by atoms with E-state index in [0.29, 0.717) is 12.1 Å². The Morgan fingerprint density at radius 1 is 1.33 bits per heavy atom. The first-order valence-corrected chi connectivity index (χ1v) is 5.74. The van der Waals surface area contributed by atoms with Crippen LogP contribution in [0.3, 0.4) is 0 Å². The van der Waals surface area contributed by atoms with E-state index in [4.69, 9.17) is 9.68 Å². The zero-order valence-corrected chi connectivity index (χ0v) is 10.8. The van der Waals surface area contributed by atoms with Gasteiger partial charge < -0.3 is 9.32 Å². The highest BCUT2D eigenvalue weighted by atomic mass is 16.3. The lowest BCUT2D eigenvalue weighted by molar-refractivity contribution is 0.481. The molecule has 0 unspecified atom stereocenters. The van der Waals surface area contributed by atoms with Crippen molar-refractivity contribution in [1.29, 1.82) is 5.26 Å². The zero-order chi connectivity index (χ0) is 13.1. The van der Waals surface area contributed by atoms with Gasteiger partial charge >= 0.3 is 0 Å². The molecular formula is C14H15N3O. The number of hydrogen-bond acceptors (Lipinski definition) is 4. The van der Waals surface area contributed by atoms with Gasteiger partial charge in [-0.3, -0.25) is 0 Å². The van der Waals surface area contributed by atoms with E-state index in [2.05, 4.69) is 11.1 Å². The molecule has 0 fully saturated rings. The van der Waals surface area contributed by atoms with Crippen molar-refractivity contribution in [2.45, 2.75) is 20.4 Å². The first kappa shape index (κ1) is 12.2. The number of pyridine rings is 1. The molecule has 0 radical (unpaired) electrons. The van der Waals surface area contributed by atoms with Gasteiger partial charge in [0.1, 0.15) is 17.3 Å². The van der Waals surface area contributed by atoms with Crippen molar-refractivity contribution in [3.8, 4) is 6.07 Å². The molecule has 0 aliphatic rings. The molecule has 0 aliphatic heterocycles. The van der Waals surface area contributed by atoms with E-state index in [1.54, 1.807) is 12.1 Å². The number of rotatable bonds is 3. The fourth-order valence-corrected chi connectivity index (χ4v) is 1.80. The van der Waals surface area contributed by atoms with Gasteiger partial charge in [0.2, 0.25) is 0 Å². The number of nitrogens with zero attached hydrogens (tertiary/aromatic N) is 3. The summed E-state index contributed by atoms with van der Waals surface area (Å²) in [5.74, 6) is 2.56. The molecule has 2 heterocycles. The highest BCUT2D eigenvalue weighted by Gasteiger charge is 2.08. The van der Waals surface area contributed by atoms with Gasteiger partial charge in [-0.1, -0.05) is 0 Å². The normalized spacial score (nSPS) is 10.1. The average Bonchev–Trinajstić information content (AvgIpc) is 2.73. The Hall–Kier alpha value is -2.28. The quantitative estimate of drug-likeness (QED) is 0.829. The first-order chi connectivity index (χ1) is 8.58. The Morgan fingerprint density at radius 3 is 2.72 bits per heavy atom. The Morgan fingerprint density at radius 2 is 2.11 bits per heavy atom. The van der Waals surface area contributed by atoms with Crippen LogP contribution in [0.2, 0.25) is 0 Å². The van der Waals surface area contributed by atoms with Gasteiger partial charge in [-0.05, 0) is 38.1 Å². The van der Waals surface area contributed by atoms with Crippen molar-refractivity contribution >= 4 is 5.82 Å². The van der Waals surface area contributed by atoms with E-state index >= 15 is 0 Å². The third kappa shape index (κ3) is 2.69. The summed E-state index contributed by atoms with van der Waals surface area (Å²) < 4.78 is 5.53. The number of furan rings is 1. The van der Waals surface area contributed by atoms with Crippen LogP contribution in [0.1, 0.15) is 22.8 Å². The second-order valence-electron chi connectivity index (χ2n) is 4.34. The lowest BCUT2D eigenvalue weighted by Gasteiger charge is -2.17. The van der Waals surface area contributed by atoms with Gasteiger partial charge in [0.15, 0.2) is 0 Å². The molecule has 0 aromatic carbocycles. The molecule has 4 nitrogen and oxygen atoms in total. The standard InChI is InChI=1S/C14H15N3O/c1-10-6-12(8-15)7-14(16-10)17(3)9-13-5-4-11(2)18-13/h4-7H,9H2,1-3H3. The van der Waals surface area contributed by atoms with E-state index in [1.807, 2.05) is 37.9 Å². The molecule has 0 spiro atoms. The van der Waals surface area contributed by atoms with Crippen LogP contribution in [0.4, 0.5) is 5.82 Å². The largest absolute Gasteiger partial charge is 0.464 e. The summed E-state index contributed by atoms with van der Waals surface area (Å²) in [7, 11) is 1.93. The number of hydrogen-bond donors (Lipinski definition) is 0. The fourth-order valence-electron chi connectivity index (χ4n) is 1.80. The second kappa shape index (κ2) is 4.92. The Bertz CT molecular complexity index is 595. The molecule has 0 bridgehead atoms. The van der Waals surface area contributed by atoms with Gasteiger partial charge in [0.05, 0.1) is 18.2 Å². The molecule has 0 saturated carbocycles. The minimum absolute atomic E-state index is 0.625. The van der Waals surface area contributed by atoms with Crippen LogP contribution in [-0.2, 0) is 6.54 Å². The number of anilines is 1. The van der Waals surface area contributed by atoms with Crippen molar-refractivity contribution in [2.24, 2.45) is 0 Å². The van der Waals surface area contributed by atoms with Gasteiger partial charge in [-0.25, -0.2) is 4.98 Å². The lowest BCUT2D eigenvalue weighted by Crippen LogP contribution is -2.17. The highest BCUT2D eigenvalue weighted by Crippen LogP contribution is 2.16. The van der Waals surface area contributed by atoms with E-state index in [0.717, 1.165) is 23.0 Å². The molecule has 0 N–H and O–H groups in total. The topological polar surface area (TPSA) is 53.1 Å². The monoisotopic (exact) mass is 241 g/mol. The van der Waals surface area contributed by atoms with Crippen molar-refractivity contribution in [2.75, 3.05) is 11.9 Å². The maximum Gasteiger partial charge on any atom is 0.130 e. The van der Waals surface area contributed by atoms with Crippen LogP contribution in [0.5, 0.6) is 0 Å². The van der Waals surface area contributed by atoms with Crippen molar-refractivity contribution in [3.05, 3.63) is 47.0 Å². The summed E-state index contributed by atoms with van der Waals surface area (Å²) in [6, 6.07) is 9.58. The summed E-state index contributed by atoms with van der Waals surface area (Å²) in [4.78, 5) is 6.38. The van der Waals surface area contributed by atoms with Crippen LogP contribution in [0.25, 0.3) is 0 Å². The highest BCUT2D eigenvalue weighted by molar-refractivity contribution is 5.46. The molecule has 0 saturated heterocycles. The smallest absolute Gasteiger partial charge is 0.130 e.